The van der Waals surface area contributed by atoms with Crippen molar-refractivity contribution in [2.75, 3.05) is 12.3 Å². The van der Waals surface area contributed by atoms with Crippen molar-refractivity contribution >= 4 is 23.6 Å². The van der Waals surface area contributed by atoms with E-state index in [9.17, 15) is 14.0 Å². The number of carbonyl (C=O) groups is 2. The molecule has 0 aliphatic carbocycles. The van der Waals surface area contributed by atoms with E-state index in [1.54, 1.807) is 25.1 Å². The Kier molecular flexibility index (Phi) is 8.51. The van der Waals surface area contributed by atoms with Crippen molar-refractivity contribution in [3.8, 4) is 0 Å². The Morgan fingerprint density at radius 1 is 1.04 bits per heavy atom. The summed E-state index contributed by atoms with van der Waals surface area (Å²) < 4.78 is 14.1. The summed E-state index contributed by atoms with van der Waals surface area (Å²) in [5, 5.41) is 2.86. The van der Waals surface area contributed by atoms with Crippen LogP contribution in [0.15, 0.2) is 59.5 Å². The van der Waals surface area contributed by atoms with Crippen molar-refractivity contribution in [1.82, 2.24) is 10.2 Å². The SMILES string of the molecule is CC(C)CNC(=O)[C@@H](C)N(Cc1ccccc1F)C(=O)CSc1ccccc1. The number of halogens is 1. The zero-order chi connectivity index (χ0) is 20.5. The van der Waals surface area contributed by atoms with E-state index in [2.05, 4.69) is 5.32 Å². The second-order valence-electron chi connectivity index (χ2n) is 7.03. The number of hydrogen-bond acceptors (Lipinski definition) is 3. The molecule has 2 aromatic carbocycles. The van der Waals surface area contributed by atoms with Crippen LogP contribution >= 0.6 is 11.8 Å². The molecule has 2 amide bonds. The predicted octanol–water partition coefficient (Wildman–Crippen LogP) is 4.11. The number of amides is 2. The van der Waals surface area contributed by atoms with Crippen LogP contribution in [0.3, 0.4) is 0 Å². The van der Waals surface area contributed by atoms with Crippen LogP contribution in [-0.4, -0.2) is 35.1 Å². The Balaban J connectivity index is 2.13. The average molecular weight is 403 g/mol. The third kappa shape index (κ3) is 6.68. The van der Waals surface area contributed by atoms with Crippen molar-refractivity contribution < 1.29 is 14.0 Å². The zero-order valence-electron chi connectivity index (χ0n) is 16.5. The molecule has 0 saturated carbocycles. The Hall–Kier alpha value is -2.34. The summed E-state index contributed by atoms with van der Waals surface area (Å²) in [6, 6.07) is 15.2. The monoisotopic (exact) mass is 402 g/mol. The molecule has 1 N–H and O–H groups in total. The first kappa shape index (κ1) is 22.0. The van der Waals surface area contributed by atoms with E-state index in [1.807, 2.05) is 44.2 Å². The lowest BCUT2D eigenvalue weighted by atomic mass is 10.1. The van der Waals surface area contributed by atoms with Gasteiger partial charge in [0, 0.05) is 23.5 Å². The van der Waals surface area contributed by atoms with Gasteiger partial charge < -0.3 is 10.2 Å². The molecule has 0 aliphatic heterocycles. The van der Waals surface area contributed by atoms with Crippen molar-refractivity contribution in [3.05, 3.63) is 66.0 Å². The molecule has 0 aromatic heterocycles. The van der Waals surface area contributed by atoms with Gasteiger partial charge in [-0.15, -0.1) is 11.8 Å². The summed E-state index contributed by atoms with van der Waals surface area (Å²) in [6.07, 6.45) is 0. The summed E-state index contributed by atoms with van der Waals surface area (Å²) in [5.41, 5.74) is 0.393. The van der Waals surface area contributed by atoms with Crippen LogP contribution in [0, 0.1) is 11.7 Å². The number of nitrogens with one attached hydrogen (secondary N) is 1. The predicted molar refractivity (Wildman–Crippen MR) is 111 cm³/mol. The number of hydrogen-bond donors (Lipinski definition) is 1. The maximum absolute atomic E-state index is 14.1. The highest BCUT2D eigenvalue weighted by Crippen LogP contribution is 2.20. The van der Waals surface area contributed by atoms with Crippen molar-refractivity contribution in [2.45, 2.75) is 38.3 Å². The number of benzene rings is 2. The highest BCUT2D eigenvalue weighted by atomic mass is 32.2. The topological polar surface area (TPSA) is 49.4 Å². The van der Waals surface area contributed by atoms with E-state index >= 15 is 0 Å². The van der Waals surface area contributed by atoms with Crippen molar-refractivity contribution in [3.63, 3.8) is 0 Å². The molecule has 6 heteroatoms. The maximum atomic E-state index is 14.1. The Labute approximate surface area is 170 Å². The second-order valence-corrected chi connectivity index (χ2v) is 8.08. The van der Waals surface area contributed by atoms with E-state index in [0.717, 1.165) is 4.90 Å². The summed E-state index contributed by atoms with van der Waals surface area (Å²) in [7, 11) is 0. The van der Waals surface area contributed by atoms with Gasteiger partial charge in [-0.25, -0.2) is 4.39 Å². The van der Waals surface area contributed by atoms with Crippen molar-refractivity contribution in [1.29, 1.82) is 0 Å². The molecule has 0 heterocycles. The molecule has 0 spiro atoms. The molecule has 0 radical (unpaired) electrons. The van der Waals surface area contributed by atoms with Gasteiger partial charge in [0.2, 0.25) is 11.8 Å². The first-order valence-corrected chi connectivity index (χ1v) is 10.4. The van der Waals surface area contributed by atoms with Gasteiger partial charge in [-0.05, 0) is 31.0 Å². The largest absolute Gasteiger partial charge is 0.354 e. The number of thioether (sulfide) groups is 1. The van der Waals surface area contributed by atoms with E-state index in [4.69, 9.17) is 0 Å². The van der Waals surface area contributed by atoms with Gasteiger partial charge >= 0.3 is 0 Å². The van der Waals surface area contributed by atoms with Crippen LogP contribution in [0.4, 0.5) is 4.39 Å². The molecule has 0 unspecified atom stereocenters. The molecule has 0 saturated heterocycles. The lowest BCUT2D eigenvalue weighted by Gasteiger charge is -2.29. The number of nitrogens with zero attached hydrogens (tertiary/aromatic N) is 1. The van der Waals surface area contributed by atoms with Crippen LogP contribution in [0.1, 0.15) is 26.3 Å². The number of carbonyl (C=O) groups excluding carboxylic acids is 2. The molecule has 150 valence electrons. The summed E-state index contributed by atoms with van der Waals surface area (Å²) in [4.78, 5) is 27.9. The third-order valence-corrected chi connectivity index (χ3v) is 5.25. The van der Waals surface area contributed by atoms with Gasteiger partial charge in [-0.2, -0.15) is 0 Å². The Morgan fingerprint density at radius 2 is 1.68 bits per heavy atom. The van der Waals surface area contributed by atoms with Gasteiger partial charge in [-0.3, -0.25) is 9.59 Å². The second kappa shape index (κ2) is 10.9. The fraction of sp³-hybridized carbons (Fsp3) is 0.364. The minimum atomic E-state index is -0.692. The molecule has 2 rings (SSSR count). The standard InChI is InChI=1S/C22H27FN2O2S/c1-16(2)13-24-22(27)17(3)25(14-18-9-7-8-12-20(18)23)21(26)15-28-19-10-5-4-6-11-19/h4-12,16-17H,13-15H2,1-3H3,(H,24,27)/t17-/m1/s1. The van der Waals surface area contributed by atoms with Gasteiger partial charge in [0.25, 0.3) is 0 Å². The molecule has 28 heavy (non-hydrogen) atoms. The van der Waals surface area contributed by atoms with Crippen LogP contribution in [0.25, 0.3) is 0 Å². The van der Waals surface area contributed by atoms with E-state index in [0.29, 0.717) is 18.0 Å². The highest BCUT2D eigenvalue weighted by molar-refractivity contribution is 8.00. The normalized spacial score (nSPS) is 11.9. The third-order valence-electron chi connectivity index (χ3n) is 4.26. The first-order valence-electron chi connectivity index (χ1n) is 9.37. The van der Waals surface area contributed by atoms with Gasteiger partial charge in [0.1, 0.15) is 11.9 Å². The summed E-state index contributed by atoms with van der Waals surface area (Å²) in [5.74, 6) is -0.334. The highest BCUT2D eigenvalue weighted by Gasteiger charge is 2.26. The molecule has 1 atom stereocenters. The molecule has 2 aromatic rings. The van der Waals surface area contributed by atoms with Crippen LogP contribution in [0.5, 0.6) is 0 Å². The lowest BCUT2D eigenvalue weighted by molar-refractivity contribution is -0.138. The van der Waals surface area contributed by atoms with Crippen molar-refractivity contribution in [2.24, 2.45) is 5.92 Å². The van der Waals surface area contributed by atoms with E-state index in [1.165, 1.54) is 22.7 Å². The van der Waals surface area contributed by atoms with Crippen LogP contribution in [-0.2, 0) is 16.1 Å². The summed E-state index contributed by atoms with van der Waals surface area (Å²) in [6.45, 7) is 6.27. The lowest BCUT2D eigenvalue weighted by Crippen LogP contribution is -2.48. The zero-order valence-corrected chi connectivity index (χ0v) is 17.3. The summed E-state index contributed by atoms with van der Waals surface area (Å²) >= 11 is 1.40. The van der Waals surface area contributed by atoms with Crippen LogP contribution < -0.4 is 5.32 Å². The molecular weight excluding hydrogens is 375 g/mol. The van der Waals surface area contributed by atoms with Gasteiger partial charge in [0.15, 0.2) is 0 Å². The smallest absolute Gasteiger partial charge is 0.242 e. The maximum Gasteiger partial charge on any atom is 0.242 e. The molecule has 0 bridgehead atoms. The number of rotatable bonds is 9. The quantitative estimate of drug-likeness (QED) is 0.642. The van der Waals surface area contributed by atoms with Gasteiger partial charge in [0.05, 0.1) is 5.75 Å². The molecule has 0 fully saturated rings. The molecular formula is C22H27FN2O2S. The first-order chi connectivity index (χ1) is 13.4. The van der Waals surface area contributed by atoms with Crippen LogP contribution in [0.2, 0.25) is 0 Å². The minimum absolute atomic E-state index is 0.0527. The molecule has 4 nitrogen and oxygen atoms in total. The average Bonchev–Trinajstić information content (AvgIpc) is 2.69. The Morgan fingerprint density at radius 3 is 2.32 bits per heavy atom. The molecule has 0 aliphatic rings. The minimum Gasteiger partial charge on any atom is -0.354 e. The Bertz CT molecular complexity index is 783. The fourth-order valence-electron chi connectivity index (χ4n) is 2.59. The fourth-order valence-corrected chi connectivity index (χ4v) is 3.40. The van der Waals surface area contributed by atoms with Gasteiger partial charge in [-0.1, -0.05) is 50.2 Å². The van der Waals surface area contributed by atoms with E-state index in [-0.39, 0.29) is 29.9 Å². The van der Waals surface area contributed by atoms with E-state index < -0.39 is 6.04 Å².